The smallest absolute Gasteiger partial charge is 0.462 e. The van der Waals surface area contributed by atoms with Crippen LogP contribution in [0.15, 0.2) is 102 Å². The summed E-state index contributed by atoms with van der Waals surface area (Å²) in [7, 11) is -10.9. The zero-order chi connectivity index (χ0) is 53.6. The van der Waals surface area contributed by atoms with E-state index in [9.17, 15) is 48.6 Å². The van der Waals surface area contributed by atoms with Gasteiger partial charge in [0.15, 0.2) is 12.3 Å². The van der Waals surface area contributed by atoms with E-state index in [0.717, 1.165) is 42.9 Å². The van der Waals surface area contributed by atoms with Gasteiger partial charge in [0, 0.05) is 19.0 Å². The van der Waals surface area contributed by atoms with Gasteiger partial charge in [-0.1, -0.05) is 144 Å². The van der Waals surface area contributed by atoms with E-state index in [4.69, 9.17) is 29.0 Å². The standard InChI is InChI=1S/C52H83N3O16P2/c1-3-5-7-9-11-12-13-14-15-16-17-18-19-20-24-28-32-36-47(57)66-40-44(69-48(58)37-33-29-25-21-23-27-31-35-43(56)34-30-26-22-10-8-6-4-2)41-67-72(62,63)71-73(64,65)68-42-45-49(59)50(60)51(70-45)55-39-38-46(53)54-52(55)61/h14-15,17-18,20-22,24-27,30-31,34,38-39,43-45,49-51,56,59-60H,3-13,16,19,23,28-29,32-33,35-37,40-42H2,1-2H3,(H,62,63)(H,64,65)(H2,53,54,61)/b15-14-,18-17-,24-20-,25-21+,26-22-,31-27-,34-30-/t43-,44+,45+,49+,50+,51+/m0/s1. The number of aliphatic hydroxyl groups excluding tert-OH is 3. The van der Waals surface area contributed by atoms with Gasteiger partial charge in [0.1, 0.15) is 30.7 Å². The second-order valence-electron chi connectivity index (χ2n) is 17.5. The molecule has 1 aliphatic rings. The molecule has 2 heterocycles. The summed E-state index contributed by atoms with van der Waals surface area (Å²) < 4.78 is 56.6. The number of rotatable bonds is 41. The Labute approximate surface area is 431 Å². The van der Waals surface area contributed by atoms with Crippen LogP contribution in [-0.2, 0) is 46.3 Å². The van der Waals surface area contributed by atoms with Gasteiger partial charge < -0.3 is 45.1 Å². The fourth-order valence-corrected chi connectivity index (χ4v) is 9.10. The first kappa shape index (κ1) is 65.0. The molecule has 0 amide bonds. The highest BCUT2D eigenvalue weighted by Gasteiger charge is 2.46. The number of nitrogens with zero attached hydrogens (tertiary/aromatic N) is 2. The van der Waals surface area contributed by atoms with Crippen molar-refractivity contribution in [3.05, 3.63) is 108 Å². The Morgan fingerprint density at radius 2 is 1.27 bits per heavy atom. The summed E-state index contributed by atoms with van der Waals surface area (Å²) >= 11 is 0. The normalized spacial score (nSPS) is 20.1. The minimum absolute atomic E-state index is 0.0263. The van der Waals surface area contributed by atoms with Gasteiger partial charge in [-0.05, 0) is 83.1 Å². The van der Waals surface area contributed by atoms with Gasteiger partial charge in [0.05, 0.1) is 19.3 Å². The van der Waals surface area contributed by atoms with Crippen LogP contribution < -0.4 is 11.4 Å². The third kappa shape index (κ3) is 32.1. The van der Waals surface area contributed by atoms with Crippen LogP contribution >= 0.6 is 15.6 Å². The molecule has 7 N–H and O–H groups in total. The molecular formula is C52H83N3O16P2. The van der Waals surface area contributed by atoms with Crippen molar-refractivity contribution in [1.29, 1.82) is 0 Å². The number of esters is 2. The fourth-order valence-electron chi connectivity index (χ4n) is 6.99. The molecule has 0 spiro atoms. The molecule has 21 heteroatoms. The lowest BCUT2D eigenvalue weighted by molar-refractivity contribution is -0.161. The highest BCUT2D eigenvalue weighted by molar-refractivity contribution is 7.61. The van der Waals surface area contributed by atoms with Crippen molar-refractivity contribution in [3.63, 3.8) is 0 Å². The van der Waals surface area contributed by atoms with E-state index >= 15 is 0 Å². The third-order valence-corrected chi connectivity index (χ3v) is 13.6. The molecule has 1 aliphatic heterocycles. The minimum Gasteiger partial charge on any atom is -0.462 e. The quantitative estimate of drug-likeness (QED) is 0.0117. The van der Waals surface area contributed by atoms with Crippen molar-refractivity contribution in [3.8, 4) is 0 Å². The Balaban J connectivity index is 1.87. The first-order chi connectivity index (χ1) is 35.1. The second-order valence-corrected chi connectivity index (χ2v) is 20.6. The lowest BCUT2D eigenvalue weighted by Crippen LogP contribution is -2.36. The van der Waals surface area contributed by atoms with Crippen LogP contribution in [0.1, 0.15) is 155 Å². The number of phosphoric acid groups is 2. The molecule has 1 aromatic heterocycles. The summed E-state index contributed by atoms with van der Waals surface area (Å²) in [5.74, 6) is -1.48. The number of carbonyl (C=O) groups excluding carboxylic acids is 2. The van der Waals surface area contributed by atoms with Crippen LogP contribution in [-0.4, -0.2) is 96.9 Å². The number of aromatic nitrogens is 2. The molecule has 8 atom stereocenters. The largest absolute Gasteiger partial charge is 0.481 e. The van der Waals surface area contributed by atoms with E-state index in [1.165, 1.54) is 57.4 Å². The zero-order valence-electron chi connectivity index (χ0n) is 42.8. The van der Waals surface area contributed by atoms with Crippen LogP contribution in [0.25, 0.3) is 0 Å². The fraction of sp³-hybridized carbons (Fsp3) is 0.615. The summed E-state index contributed by atoms with van der Waals surface area (Å²) in [5.41, 5.74) is 4.57. The maximum atomic E-state index is 12.8. The van der Waals surface area contributed by atoms with Crippen molar-refractivity contribution in [2.45, 2.75) is 185 Å². The first-order valence-electron chi connectivity index (χ1n) is 25.7. The third-order valence-electron chi connectivity index (χ3n) is 11.0. The molecule has 1 aromatic rings. The number of phosphoric ester groups is 2. The maximum absolute atomic E-state index is 12.8. The van der Waals surface area contributed by atoms with Gasteiger partial charge in [-0.25, -0.2) is 13.9 Å². The summed E-state index contributed by atoms with van der Waals surface area (Å²) in [5, 5.41) is 31.0. The number of nitrogens with two attached hydrogens (primary N) is 1. The van der Waals surface area contributed by atoms with Crippen LogP contribution in [0.5, 0.6) is 0 Å². The lowest BCUT2D eigenvalue weighted by Gasteiger charge is -2.21. The first-order valence-corrected chi connectivity index (χ1v) is 28.7. The van der Waals surface area contributed by atoms with E-state index in [1.54, 1.807) is 6.08 Å². The number of allylic oxidation sites excluding steroid dienone is 12. The summed E-state index contributed by atoms with van der Waals surface area (Å²) in [4.78, 5) is 61.9. The molecule has 0 radical (unpaired) electrons. The highest BCUT2D eigenvalue weighted by atomic mass is 31.3. The Morgan fingerprint density at radius 3 is 1.93 bits per heavy atom. The molecule has 0 bridgehead atoms. The molecular weight excluding hydrogens is 985 g/mol. The van der Waals surface area contributed by atoms with Gasteiger partial charge in [0.25, 0.3) is 0 Å². The molecule has 0 aromatic carbocycles. The average molecular weight is 1070 g/mol. The lowest BCUT2D eigenvalue weighted by atomic mass is 10.1. The predicted molar refractivity (Wildman–Crippen MR) is 281 cm³/mol. The Morgan fingerprint density at radius 1 is 0.726 bits per heavy atom. The topological polar surface area (TPSA) is 286 Å². The molecule has 1 saturated heterocycles. The number of carbonyl (C=O) groups is 2. The number of ether oxygens (including phenoxy) is 3. The number of aliphatic hydroxyl groups is 3. The number of hydrogen-bond acceptors (Lipinski definition) is 16. The van der Waals surface area contributed by atoms with E-state index in [-0.39, 0.29) is 18.7 Å². The van der Waals surface area contributed by atoms with Crippen molar-refractivity contribution >= 4 is 33.4 Å². The van der Waals surface area contributed by atoms with Crippen LogP contribution in [0, 0.1) is 0 Å². The maximum Gasteiger partial charge on any atom is 0.481 e. The number of nitrogen functional groups attached to an aromatic ring is 1. The van der Waals surface area contributed by atoms with Crippen molar-refractivity contribution < 1.29 is 71.4 Å². The van der Waals surface area contributed by atoms with Gasteiger partial charge in [-0.2, -0.15) is 9.29 Å². The molecule has 1 fully saturated rings. The average Bonchev–Trinajstić information content (AvgIpc) is 3.62. The number of unbranched alkanes of at least 4 members (excludes halogenated alkanes) is 11. The minimum atomic E-state index is -5.46. The molecule has 73 heavy (non-hydrogen) atoms. The van der Waals surface area contributed by atoms with E-state index in [2.05, 4.69) is 53.5 Å². The molecule has 0 aliphatic carbocycles. The van der Waals surface area contributed by atoms with Gasteiger partial charge in [-0.15, -0.1) is 0 Å². The van der Waals surface area contributed by atoms with E-state index in [0.29, 0.717) is 38.5 Å². The van der Waals surface area contributed by atoms with Crippen LogP contribution in [0.4, 0.5) is 5.82 Å². The Bertz CT molecular complexity index is 2070. The molecule has 19 nitrogen and oxygen atoms in total. The summed E-state index contributed by atoms with van der Waals surface area (Å²) in [6.07, 6.45) is 38.4. The molecule has 2 unspecified atom stereocenters. The van der Waals surface area contributed by atoms with Gasteiger partial charge in [-0.3, -0.25) is 23.2 Å². The van der Waals surface area contributed by atoms with Crippen molar-refractivity contribution in [2.24, 2.45) is 0 Å². The second kappa shape index (κ2) is 39.3. The molecule has 0 saturated carbocycles. The number of anilines is 1. The summed E-state index contributed by atoms with van der Waals surface area (Å²) in [6.45, 7) is 1.93. The van der Waals surface area contributed by atoms with E-state index < -0.39 is 89.8 Å². The van der Waals surface area contributed by atoms with Crippen LogP contribution in [0.2, 0.25) is 0 Å². The van der Waals surface area contributed by atoms with Crippen molar-refractivity contribution in [2.75, 3.05) is 25.6 Å². The predicted octanol–water partition coefficient (Wildman–Crippen LogP) is 9.64. The summed E-state index contributed by atoms with van der Waals surface area (Å²) in [6, 6.07) is 1.24. The monoisotopic (exact) mass is 1070 g/mol. The Hall–Kier alpha value is -4.10. The molecule has 412 valence electrons. The number of hydrogen-bond donors (Lipinski definition) is 6. The van der Waals surface area contributed by atoms with Crippen molar-refractivity contribution in [1.82, 2.24) is 9.55 Å². The molecule has 2 rings (SSSR count). The van der Waals surface area contributed by atoms with Gasteiger partial charge in [0.2, 0.25) is 0 Å². The van der Waals surface area contributed by atoms with E-state index in [1.807, 2.05) is 48.6 Å². The SMILES string of the molecule is CCCCC/C=C\C=C/[C@H](O)C/C=C\C/C=C/CCCC(=O)O[C@H](COC(=O)CCC/C=C\C/C=C\C/C=C\CCCCCCCC)COP(=O)(O)OP(=O)(O)OC[C@H]1O[C@@H](n2ccc(N)nc2=O)[C@H](O)[C@@H]1O. The Kier molecular flexibility index (Phi) is 35.0. The highest BCUT2D eigenvalue weighted by Crippen LogP contribution is 2.60. The van der Waals surface area contributed by atoms with Gasteiger partial charge >= 0.3 is 33.3 Å². The zero-order valence-corrected chi connectivity index (χ0v) is 44.6. The van der Waals surface area contributed by atoms with Crippen LogP contribution in [0.3, 0.4) is 0 Å².